The van der Waals surface area contributed by atoms with E-state index in [9.17, 15) is 18.8 Å². The van der Waals surface area contributed by atoms with Crippen molar-refractivity contribution in [3.8, 4) is 0 Å². The molecular weight excluding hydrogens is 389 g/mol. The fourth-order valence-electron chi connectivity index (χ4n) is 4.32. The standard InChI is InChI=1S/C21H24FN5O3/c1-2-21(14-7-9-15(22)10-8-14)19(29)26(20(30)25-21)13-18(28)24-17-11-12-23-27(17)16-5-3-4-6-16/h7-12,16H,2-6,13H2,1H3,(H,24,28)(H,25,30). The third kappa shape index (κ3) is 3.44. The Balaban J connectivity index is 1.49. The number of aromatic nitrogens is 2. The Morgan fingerprint density at radius 1 is 1.23 bits per heavy atom. The molecule has 0 bridgehead atoms. The normalized spacial score (nSPS) is 21.9. The lowest BCUT2D eigenvalue weighted by atomic mass is 9.87. The lowest BCUT2D eigenvalue weighted by molar-refractivity contribution is -0.134. The number of nitrogens with one attached hydrogen (secondary N) is 2. The van der Waals surface area contributed by atoms with E-state index in [-0.39, 0.29) is 12.5 Å². The van der Waals surface area contributed by atoms with Gasteiger partial charge >= 0.3 is 6.03 Å². The minimum atomic E-state index is -1.31. The number of urea groups is 1. The van der Waals surface area contributed by atoms with E-state index in [1.165, 1.54) is 24.3 Å². The summed E-state index contributed by atoms with van der Waals surface area (Å²) in [5, 5.41) is 9.76. The highest BCUT2D eigenvalue weighted by Crippen LogP contribution is 2.33. The summed E-state index contributed by atoms with van der Waals surface area (Å²) in [6, 6.07) is 6.74. The summed E-state index contributed by atoms with van der Waals surface area (Å²) in [4.78, 5) is 39.2. The van der Waals surface area contributed by atoms with Gasteiger partial charge in [0.25, 0.3) is 5.91 Å². The van der Waals surface area contributed by atoms with Crippen LogP contribution in [-0.4, -0.2) is 39.1 Å². The molecule has 2 N–H and O–H groups in total. The molecule has 2 heterocycles. The van der Waals surface area contributed by atoms with Crippen LogP contribution in [0.3, 0.4) is 0 Å². The summed E-state index contributed by atoms with van der Waals surface area (Å²) < 4.78 is 15.1. The zero-order chi connectivity index (χ0) is 21.3. The van der Waals surface area contributed by atoms with E-state index in [1.807, 2.05) is 0 Å². The second kappa shape index (κ2) is 7.89. The monoisotopic (exact) mass is 413 g/mol. The van der Waals surface area contributed by atoms with E-state index in [0.717, 1.165) is 30.6 Å². The number of carbonyl (C=O) groups is 3. The molecule has 1 aliphatic heterocycles. The Morgan fingerprint density at radius 3 is 2.60 bits per heavy atom. The SMILES string of the molecule is CCC1(c2ccc(F)cc2)NC(=O)N(CC(=O)Nc2ccnn2C2CCCC2)C1=O. The fourth-order valence-corrected chi connectivity index (χ4v) is 4.32. The van der Waals surface area contributed by atoms with Gasteiger partial charge < -0.3 is 10.6 Å². The van der Waals surface area contributed by atoms with Crippen molar-refractivity contribution in [2.45, 2.75) is 50.6 Å². The first-order valence-electron chi connectivity index (χ1n) is 10.2. The first kappa shape index (κ1) is 20.1. The molecular formula is C21H24FN5O3. The molecule has 1 atom stereocenters. The van der Waals surface area contributed by atoms with Gasteiger partial charge in [-0.25, -0.2) is 13.9 Å². The van der Waals surface area contributed by atoms with Crippen molar-refractivity contribution in [2.75, 3.05) is 11.9 Å². The average Bonchev–Trinajstić information content (AvgIpc) is 3.45. The van der Waals surface area contributed by atoms with Gasteiger partial charge in [0.1, 0.15) is 23.7 Å². The van der Waals surface area contributed by atoms with Gasteiger partial charge in [0.05, 0.1) is 12.2 Å². The van der Waals surface area contributed by atoms with Crippen molar-refractivity contribution in [1.29, 1.82) is 0 Å². The minimum absolute atomic E-state index is 0.248. The lowest BCUT2D eigenvalue weighted by Crippen LogP contribution is -2.44. The van der Waals surface area contributed by atoms with Crippen LogP contribution in [-0.2, 0) is 15.1 Å². The molecule has 8 nitrogen and oxygen atoms in total. The molecule has 1 saturated heterocycles. The Morgan fingerprint density at radius 2 is 1.93 bits per heavy atom. The average molecular weight is 413 g/mol. The predicted octanol–water partition coefficient (Wildman–Crippen LogP) is 2.93. The molecule has 1 aromatic heterocycles. The number of halogens is 1. The molecule has 0 spiro atoms. The summed E-state index contributed by atoms with van der Waals surface area (Å²) in [5.41, 5.74) is -0.830. The van der Waals surface area contributed by atoms with Crippen LogP contribution in [0.25, 0.3) is 0 Å². The third-order valence-electron chi connectivity index (χ3n) is 5.95. The van der Waals surface area contributed by atoms with Gasteiger partial charge in [-0.05, 0) is 37.0 Å². The van der Waals surface area contributed by atoms with Crippen LogP contribution in [0.15, 0.2) is 36.5 Å². The molecule has 2 aromatic rings. The van der Waals surface area contributed by atoms with Crippen LogP contribution >= 0.6 is 0 Å². The maximum atomic E-state index is 13.3. The minimum Gasteiger partial charge on any atom is -0.319 e. The van der Waals surface area contributed by atoms with Gasteiger partial charge in [-0.2, -0.15) is 5.10 Å². The van der Waals surface area contributed by atoms with E-state index in [1.54, 1.807) is 23.9 Å². The van der Waals surface area contributed by atoms with Crippen molar-refractivity contribution in [1.82, 2.24) is 20.0 Å². The van der Waals surface area contributed by atoms with E-state index in [4.69, 9.17) is 0 Å². The Bertz CT molecular complexity index is 967. The number of amides is 4. The number of nitrogens with zero attached hydrogens (tertiary/aromatic N) is 3. The molecule has 30 heavy (non-hydrogen) atoms. The van der Waals surface area contributed by atoms with Crippen LogP contribution < -0.4 is 10.6 Å². The van der Waals surface area contributed by atoms with Crippen LogP contribution in [0, 0.1) is 5.82 Å². The number of hydrogen-bond acceptors (Lipinski definition) is 4. The van der Waals surface area contributed by atoms with Gasteiger partial charge in [-0.3, -0.25) is 14.5 Å². The largest absolute Gasteiger partial charge is 0.325 e. The van der Waals surface area contributed by atoms with Crippen LogP contribution in [0.2, 0.25) is 0 Å². The van der Waals surface area contributed by atoms with Gasteiger partial charge in [0.2, 0.25) is 5.91 Å². The number of rotatable bonds is 6. The predicted molar refractivity (Wildman–Crippen MR) is 107 cm³/mol. The molecule has 2 fully saturated rings. The van der Waals surface area contributed by atoms with E-state index in [2.05, 4.69) is 15.7 Å². The zero-order valence-corrected chi connectivity index (χ0v) is 16.7. The summed E-state index contributed by atoms with van der Waals surface area (Å²) >= 11 is 0. The fraction of sp³-hybridized carbons (Fsp3) is 0.429. The highest BCUT2D eigenvalue weighted by molar-refractivity contribution is 6.10. The van der Waals surface area contributed by atoms with Crippen LogP contribution in [0.4, 0.5) is 15.0 Å². The van der Waals surface area contributed by atoms with E-state index in [0.29, 0.717) is 11.4 Å². The Labute approximate surface area is 173 Å². The van der Waals surface area contributed by atoms with Crippen LogP contribution in [0.1, 0.15) is 50.6 Å². The molecule has 4 amide bonds. The topological polar surface area (TPSA) is 96.3 Å². The van der Waals surface area contributed by atoms with Crippen molar-refractivity contribution < 1.29 is 18.8 Å². The molecule has 2 aliphatic rings. The number of hydrogen-bond donors (Lipinski definition) is 2. The van der Waals surface area contributed by atoms with E-state index >= 15 is 0 Å². The second-order valence-electron chi connectivity index (χ2n) is 7.73. The second-order valence-corrected chi connectivity index (χ2v) is 7.73. The van der Waals surface area contributed by atoms with Crippen molar-refractivity contribution in [3.05, 3.63) is 47.9 Å². The third-order valence-corrected chi connectivity index (χ3v) is 5.95. The number of benzene rings is 1. The molecule has 0 radical (unpaired) electrons. The quantitative estimate of drug-likeness (QED) is 0.712. The highest BCUT2D eigenvalue weighted by Gasteiger charge is 2.51. The Kier molecular flexibility index (Phi) is 5.27. The Hall–Kier alpha value is -3.23. The summed E-state index contributed by atoms with van der Waals surface area (Å²) in [5.74, 6) is -0.888. The number of carbonyl (C=O) groups excluding carboxylic acids is 3. The maximum Gasteiger partial charge on any atom is 0.325 e. The van der Waals surface area contributed by atoms with Gasteiger partial charge in [-0.1, -0.05) is 31.9 Å². The molecule has 1 aromatic carbocycles. The summed E-state index contributed by atoms with van der Waals surface area (Å²) in [6.07, 6.45) is 6.17. The first-order valence-corrected chi connectivity index (χ1v) is 10.2. The first-order chi connectivity index (χ1) is 14.4. The smallest absolute Gasteiger partial charge is 0.319 e. The van der Waals surface area contributed by atoms with Crippen molar-refractivity contribution in [2.24, 2.45) is 0 Å². The summed E-state index contributed by atoms with van der Waals surface area (Å²) in [6.45, 7) is 1.34. The molecule has 1 saturated carbocycles. The zero-order valence-electron chi connectivity index (χ0n) is 16.7. The van der Waals surface area contributed by atoms with E-state index < -0.39 is 35.7 Å². The van der Waals surface area contributed by atoms with Gasteiger partial charge in [-0.15, -0.1) is 0 Å². The molecule has 1 unspecified atom stereocenters. The molecule has 9 heteroatoms. The van der Waals surface area contributed by atoms with Gasteiger partial charge in [0.15, 0.2) is 0 Å². The van der Waals surface area contributed by atoms with Crippen molar-refractivity contribution in [3.63, 3.8) is 0 Å². The van der Waals surface area contributed by atoms with Crippen LogP contribution in [0.5, 0.6) is 0 Å². The molecule has 4 rings (SSSR count). The van der Waals surface area contributed by atoms with Gasteiger partial charge in [0, 0.05) is 6.07 Å². The number of imide groups is 1. The maximum absolute atomic E-state index is 13.3. The van der Waals surface area contributed by atoms with Crippen molar-refractivity contribution >= 4 is 23.7 Å². The molecule has 158 valence electrons. The lowest BCUT2D eigenvalue weighted by Gasteiger charge is -2.25. The highest BCUT2D eigenvalue weighted by atomic mass is 19.1. The number of anilines is 1. The molecule has 1 aliphatic carbocycles. The summed E-state index contributed by atoms with van der Waals surface area (Å²) in [7, 11) is 0.